The number of ether oxygens (including phenoxy) is 1. The average Bonchev–Trinajstić information content (AvgIpc) is 3.29. The minimum atomic E-state index is -0.330. The molecule has 1 fully saturated rings. The minimum absolute atomic E-state index is 0.0485. The van der Waals surface area contributed by atoms with Crippen LogP contribution in [0.4, 0.5) is 4.39 Å². The molecule has 4 rings (SSSR count). The van der Waals surface area contributed by atoms with E-state index in [9.17, 15) is 9.18 Å². The van der Waals surface area contributed by atoms with Gasteiger partial charge in [0.25, 0.3) is 5.91 Å². The first kappa shape index (κ1) is 17.9. The van der Waals surface area contributed by atoms with Crippen molar-refractivity contribution >= 4 is 28.5 Å². The summed E-state index contributed by atoms with van der Waals surface area (Å²) in [5.41, 5.74) is 2.11. The summed E-state index contributed by atoms with van der Waals surface area (Å²) >= 11 is 6.52. The van der Waals surface area contributed by atoms with Crippen LogP contribution in [0, 0.1) is 12.7 Å². The third kappa shape index (κ3) is 3.40. The van der Waals surface area contributed by atoms with Crippen LogP contribution in [0.25, 0.3) is 16.7 Å². The Labute approximate surface area is 160 Å². The number of carbonyl (C=O) groups excluding carboxylic acids is 1. The first-order valence-corrected chi connectivity index (χ1v) is 9.12. The molecule has 1 saturated heterocycles. The van der Waals surface area contributed by atoms with Gasteiger partial charge in [0.15, 0.2) is 5.65 Å². The van der Waals surface area contributed by atoms with E-state index < -0.39 is 0 Å². The summed E-state index contributed by atoms with van der Waals surface area (Å²) in [4.78, 5) is 16.9. The molecule has 0 unspecified atom stereocenters. The number of amides is 1. The summed E-state index contributed by atoms with van der Waals surface area (Å²) in [5.74, 6) is -0.623. The van der Waals surface area contributed by atoms with E-state index in [0.29, 0.717) is 39.5 Å². The fraction of sp³-hybridized carbons (Fsp3) is 0.316. The number of benzene rings is 1. The van der Waals surface area contributed by atoms with Crippen molar-refractivity contribution in [3.8, 4) is 5.69 Å². The van der Waals surface area contributed by atoms with Gasteiger partial charge in [-0.1, -0.05) is 11.6 Å². The average molecular weight is 389 g/mol. The molecule has 1 atom stereocenters. The number of aromatic nitrogens is 3. The van der Waals surface area contributed by atoms with Gasteiger partial charge in [-0.05, 0) is 44.0 Å². The highest BCUT2D eigenvalue weighted by atomic mass is 35.5. The topological polar surface area (TPSA) is 69.0 Å². The number of hydrogen-bond acceptors (Lipinski definition) is 4. The molecule has 6 nitrogen and oxygen atoms in total. The Bertz CT molecular complexity index is 997. The monoisotopic (exact) mass is 388 g/mol. The lowest BCUT2D eigenvalue weighted by Gasteiger charge is -2.11. The van der Waals surface area contributed by atoms with Gasteiger partial charge >= 0.3 is 0 Å². The summed E-state index contributed by atoms with van der Waals surface area (Å²) in [6.45, 7) is 2.97. The first-order chi connectivity index (χ1) is 13.0. The van der Waals surface area contributed by atoms with Crippen LogP contribution in [-0.2, 0) is 4.74 Å². The summed E-state index contributed by atoms with van der Waals surface area (Å²) < 4.78 is 20.3. The van der Waals surface area contributed by atoms with Crippen molar-refractivity contribution in [2.75, 3.05) is 13.2 Å². The van der Waals surface area contributed by atoms with Gasteiger partial charge in [0, 0.05) is 19.3 Å². The van der Waals surface area contributed by atoms with Gasteiger partial charge in [0.1, 0.15) is 5.82 Å². The smallest absolute Gasteiger partial charge is 0.254 e. The second-order valence-corrected chi connectivity index (χ2v) is 6.88. The Hall–Kier alpha value is -2.51. The van der Waals surface area contributed by atoms with E-state index in [0.717, 1.165) is 19.4 Å². The molecule has 2 aromatic heterocycles. The molecule has 0 spiro atoms. The number of nitrogens with zero attached hydrogens (tertiary/aromatic N) is 3. The SMILES string of the molecule is Cc1nn(-c2ccc(F)cc2)c2ncc(C(=O)NC[C@H]3CCCO3)c(Cl)c12. The van der Waals surface area contributed by atoms with E-state index in [2.05, 4.69) is 15.4 Å². The van der Waals surface area contributed by atoms with Gasteiger partial charge < -0.3 is 10.1 Å². The zero-order chi connectivity index (χ0) is 19.0. The molecule has 3 aromatic rings. The van der Waals surface area contributed by atoms with E-state index in [1.54, 1.807) is 23.7 Å². The maximum absolute atomic E-state index is 13.2. The molecule has 1 aromatic carbocycles. The molecular weight excluding hydrogens is 371 g/mol. The number of pyridine rings is 1. The highest BCUT2D eigenvalue weighted by molar-refractivity contribution is 6.38. The molecule has 3 heterocycles. The van der Waals surface area contributed by atoms with Crippen LogP contribution in [0.1, 0.15) is 28.9 Å². The number of hydrogen-bond donors (Lipinski definition) is 1. The number of aryl methyl sites for hydroxylation is 1. The van der Waals surface area contributed by atoms with Crippen LogP contribution < -0.4 is 5.32 Å². The zero-order valence-corrected chi connectivity index (χ0v) is 15.5. The Kier molecular flexibility index (Phi) is 4.80. The summed E-state index contributed by atoms with van der Waals surface area (Å²) in [5, 5.41) is 8.21. The van der Waals surface area contributed by atoms with E-state index >= 15 is 0 Å². The van der Waals surface area contributed by atoms with Gasteiger partial charge in [-0.2, -0.15) is 5.10 Å². The fourth-order valence-electron chi connectivity index (χ4n) is 3.24. The molecule has 1 aliphatic rings. The largest absolute Gasteiger partial charge is 0.376 e. The fourth-order valence-corrected chi connectivity index (χ4v) is 3.59. The molecule has 8 heteroatoms. The van der Waals surface area contributed by atoms with Crippen LogP contribution in [0.15, 0.2) is 30.5 Å². The number of nitrogens with one attached hydrogen (secondary N) is 1. The molecule has 0 radical (unpaired) electrons. The van der Waals surface area contributed by atoms with E-state index in [4.69, 9.17) is 16.3 Å². The van der Waals surface area contributed by atoms with Gasteiger partial charge in [-0.15, -0.1) is 0 Å². The summed E-state index contributed by atoms with van der Waals surface area (Å²) in [7, 11) is 0. The van der Waals surface area contributed by atoms with Crippen LogP contribution in [0.3, 0.4) is 0 Å². The van der Waals surface area contributed by atoms with Crippen molar-refractivity contribution in [1.82, 2.24) is 20.1 Å². The maximum atomic E-state index is 13.2. The van der Waals surface area contributed by atoms with Crippen LogP contribution in [-0.4, -0.2) is 39.9 Å². The molecule has 0 saturated carbocycles. The van der Waals surface area contributed by atoms with Crippen molar-refractivity contribution < 1.29 is 13.9 Å². The van der Waals surface area contributed by atoms with Gasteiger partial charge in [0.2, 0.25) is 0 Å². The Morgan fingerprint density at radius 3 is 2.89 bits per heavy atom. The quantitative estimate of drug-likeness (QED) is 0.743. The third-order valence-electron chi connectivity index (χ3n) is 4.64. The van der Waals surface area contributed by atoms with Gasteiger partial charge in [-0.3, -0.25) is 4.79 Å². The maximum Gasteiger partial charge on any atom is 0.254 e. The van der Waals surface area contributed by atoms with E-state index in [1.165, 1.54) is 18.3 Å². The standard InChI is InChI=1S/C19H18ClFN4O2/c1-11-16-17(20)15(19(26)23-9-14-3-2-8-27-14)10-22-18(16)25(24-11)13-6-4-12(21)5-7-13/h4-7,10,14H,2-3,8-9H2,1H3,(H,23,26)/t14-/m1/s1. The Morgan fingerprint density at radius 1 is 1.41 bits per heavy atom. The number of rotatable bonds is 4. The van der Waals surface area contributed by atoms with Crippen molar-refractivity contribution in [2.24, 2.45) is 0 Å². The van der Waals surface area contributed by atoms with Crippen molar-refractivity contribution in [3.63, 3.8) is 0 Å². The highest BCUT2D eigenvalue weighted by Crippen LogP contribution is 2.30. The number of fused-ring (bicyclic) bond motifs is 1. The van der Waals surface area contributed by atoms with Crippen LogP contribution >= 0.6 is 11.6 Å². The normalized spacial score (nSPS) is 16.8. The third-order valence-corrected chi connectivity index (χ3v) is 5.03. The lowest BCUT2D eigenvalue weighted by atomic mass is 10.2. The van der Waals surface area contributed by atoms with E-state index in [-0.39, 0.29) is 17.8 Å². The number of carbonyl (C=O) groups is 1. The Balaban J connectivity index is 1.66. The second-order valence-electron chi connectivity index (χ2n) is 6.50. The van der Waals surface area contributed by atoms with E-state index in [1.807, 2.05) is 0 Å². The Morgan fingerprint density at radius 2 is 2.19 bits per heavy atom. The number of halogens is 2. The van der Waals surface area contributed by atoms with Crippen molar-refractivity contribution in [2.45, 2.75) is 25.9 Å². The predicted octanol–water partition coefficient (Wildman–Crippen LogP) is 3.43. The van der Waals surface area contributed by atoms with Gasteiger partial charge in [0.05, 0.1) is 33.5 Å². The lowest BCUT2D eigenvalue weighted by Crippen LogP contribution is -2.32. The highest BCUT2D eigenvalue weighted by Gasteiger charge is 2.21. The predicted molar refractivity (Wildman–Crippen MR) is 99.9 cm³/mol. The molecule has 1 amide bonds. The summed E-state index contributed by atoms with van der Waals surface area (Å²) in [6.07, 6.45) is 3.44. The molecule has 140 valence electrons. The van der Waals surface area contributed by atoms with Gasteiger partial charge in [-0.25, -0.2) is 14.1 Å². The molecule has 27 heavy (non-hydrogen) atoms. The van der Waals surface area contributed by atoms with Crippen molar-refractivity contribution in [3.05, 3.63) is 52.6 Å². The molecule has 0 bridgehead atoms. The molecular formula is C19H18ClFN4O2. The van der Waals surface area contributed by atoms with Crippen LogP contribution in [0.2, 0.25) is 5.02 Å². The first-order valence-electron chi connectivity index (χ1n) is 8.74. The summed E-state index contributed by atoms with van der Waals surface area (Å²) in [6, 6.07) is 5.93. The van der Waals surface area contributed by atoms with Crippen LogP contribution in [0.5, 0.6) is 0 Å². The van der Waals surface area contributed by atoms with Crippen molar-refractivity contribution in [1.29, 1.82) is 0 Å². The zero-order valence-electron chi connectivity index (χ0n) is 14.7. The second kappa shape index (κ2) is 7.25. The minimum Gasteiger partial charge on any atom is -0.376 e. The molecule has 1 aliphatic heterocycles. The molecule has 0 aliphatic carbocycles. The lowest BCUT2D eigenvalue weighted by molar-refractivity contribution is 0.0857. The molecule has 1 N–H and O–H groups in total.